The Bertz CT molecular complexity index is 451. The molecule has 16 heavy (non-hydrogen) atoms. The summed E-state index contributed by atoms with van der Waals surface area (Å²) in [4.78, 5) is 10.8. The van der Waals surface area contributed by atoms with Crippen LogP contribution in [-0.4, -0.2) is 16.6 Å². The van der Waals surface area contributed by atoms with Gasteiger partial charge in [-0.25, -0.2) is 4.79 Å². The van der Waals surface area contributed by atoms with Crippen LogP contribution in [0.4, 0.5) is 0 Å². The van der Waals surface area contributed by atoms with Gasteiger partial charge >= 0.3 is 5.97 Å². The van der Waals surface area contributed by atoms with Crippen molar-refractivity contribution in [2.45, 2.75) is 32.7 Å². The molecular formula is C11H13N3O2. The first-order chi connectivity index (χ1) is 7.27. The summed E-state index contributed by atoms with van der Waals surface area (Å²) in [5.74, 6) is -1.26. The van der Waals surface area contributed by atoms with Crippen LogP contribution in [0, 0.1) is 28.1 Å². The minimum atomic E-state index is -1.26. The fraction of sp³-hybridized carbons (Fsp3) is 0.545. The van der Waals surface area contributed by atoms with E-state index in [0.29, 0.717) is 12.1 Å². The maximum atomic E-state index is 10.8. The molecule has 2 N–H and O–H groups in total. The molecule has 0 saturated carbocycles. The molecule has 1 fully saturated rings. The lowest BCUT2D eigenvalue weighted by atomic mass is 9.75. The number of nitrogens with zero attached hydrogens (tertiary/aromatic N) is 2. The molecule has 0 aliphatic carbocycles. The maximum absolute atomic E-state index is 10.8. The second kappa shape index (κ2) is 3.53. The van der Waals surface area contributed by atoms with Crippen molar-refractivity contribution in [1.29, 1.82) is 10.5 Å². The van der Waals surface area contributed by atoms with E-state index in [1.807, 2.05) is 13.8 Å². The number of carboxylic acid groups (broad SMARTS) is 1. The largest absolute Gasteiger partial charge is 0.477 e. The lowest BCUT2D eigenvalue weighted by Gasteiger charge is -2.30. The van der Waals surface area contributed by atoms with Crippen LogP contribution in [0.1, 0.15) is 27.2 Å². The summed E-state index contributed by atoms with van der Waals surface area (Å²) in [5, 5.41) is 29.6. The molecule has 0 bridgehead atoms. The highest BCUT2D eigenvalue weighted by Gasteiger charge is 2.49. The fourth-order valence-electron chi connectivity index (χ4n) is 1.71. The van der Waals surface area contributed by atoms with Gasteiger partial charge in [-0.05, 0) is 13.3 Å². The average Bonchev–Trinajstić information content (AvgIpc) is 2.39. The van der Waals surface area contributed by atoms with Gasteiger partial charge in [0.1, 0.15) is 11.6 Å². The normalized spacial score (nSPS) is 29.8. The Labute approximate surface area is 94.0 Å². The van der Waals surface area contributed by atoms with Crippen molar-refractivity contribution in [1.82, 2.24) is 5.32 Å². The van der Waals surface area contributed by atoms with Gasteiger partial charge in [0.05, 0.1) is 6.07 Å². The van der Waals surface area contributed by atoms with Gasteiger partial charge < -0.3 is 10.4 Å². The van der Waals surface area contributed by atoms with Crippen molar-refractivity contribution in [2.75, 3.05) is 0 Å². The van der Waals surface area contributed by atoms with Gasteiger partial charge in [-0.3, -0.25) is 0 Å². The van der Waals surface area contributed by atoms with Gasteiger partial charge in [-0.2, -0.15) is 10.5 Å². The monoisotopic (exact) mass is 219 g/mol. The molecule has 0 aromatic rings. The van der Waals surface area contributed by atoms with Crippen LogP contribution in [0.2, 0.25) is 0 Å². The first kappa shape index (κ1) is 12.1. The number of rotatable bonds is 1. The second-order valence-corrected chi connectivity index (χ2v) is 4.69. The lowest BCUT2D eigenvalue weighted by Crippen LogP contribution is -2.44. The number of hydrogen-bond acceptors (Lipinski definition) is 4. The van der Waals surface area contributed by atoms with Gasteiger partial charge in [-0.15, -0.1) is 0 Å². The van der Waals surface area contributed by atoms with E-state index < -0.39 is 16.9 Å². The number of hydrogen-bond donors (Lipinski definition) is 2. The van der Waals surface area contributed by atoms with E-state index in [-0.39, 0.29) is 5.57 Å². The van der Waals surface area contributed by atoms with E-state index >= 15 is 0 Å². The van der Waals surface area contributed by atoms with E-state index in [9.17, 15) is 4.79 Å². The molecule has 1 aliphatic heterocycles. The topological polar surface area (TPSA) is 96.9 Å². The highest BCUT2D eigenvalue weighted by molar-refractivity contribution is 5.92. The Hall–Kier alpha value is -2.01. The molecule has 84 valence electrons. The van der Waals surface area contributed by atoms with E-state index in [0.717, 1.165) is 0 Å². The minimum absolute atomic E-state index is 0.313. The third-order valence-electron chi connectivity index (χ3n) is 3.22. The number of allylic oxidation sites excluding steroid dienone is 1. The summed E-state index contributed by atoms with van der Waals surface area (Å²) in [6.45, 7) is 5.44. The molecule has 1 unspecified atom stereocenters. The highest BCUT2D eigenvalue weighted by atomic mass is 16.4. The first-order valence-corrected chi connectivity index (χ1v) is 4.83. The van der Waals surface area contributed by atoms with Gasteiger partial charge in [0.15, 0.2) is 5.57 Å². The number of nitriles is 2. The van der Waals surface area contributed by atoms with Crippen LogP contribution in [0.3, 0.4) is 0 Å². The zero-order valence-electron chi connectivity index (χ0n) is 9.46. The molecule has 1 rings (SSSR count). The van der Waals surface area contributed by atoms with Crippen molar-refractivity contribution < 1.29 is 9.90 Å². The third-order valence-corrected chi connectivity index (χ3v) is 3.22. The highest BCUT2D eigenvalue weighted by Crippen LogP contribution is 2.43. The number of aliphatic carboxylic acids is 1. The molecular weight excluding hydrogens is 206 g/mol. The van der Waals surface area contributed by atoms with Crippen LogP contribution in [0.25, 0.3) is 0 Å². The van der Waals surface area contributed by atoms with E-state index in [2.05, 4.69) is 11.4 Å². The number of carbonyl (C=O) groups is 1. The van der Waals surface area contributed by atoms with Crippen molar-refractivity contribution in [2.24, 2.45) is 5.41 Å². The molecule has 0 radical (unpaired) electrons. The Morgan fingerprint density at radius 1 is 1.44 bits per heavy atom. The predicted molar refractivity (Wildman–Crippen MR) is 55.8 cm³/mol. The lowest BCUT2D eigenvalue weighted by molar-refractivity contribution is -0.132. The van der Waals surface area contributed by atoms with Gasteiger partial charge in [0, 0.05) is 11.1 Å². The van der Waals surface area contributed by atoms with E-state index in [1.165, 1.54) is 0 Å². The predicted octanol–water partition coefficient (Wildman–Crippen LogP) is 1.15. The fourth-order valence-corrected chi connectivity index (χ4v) is 1.71. The number of nitrogens with one attached hydrogen (secondary N) is 1. The zero-order valence-corrected chi connectivity index (χ0v) is 9.46. The molecule has 1 atom stereocenters. The number of carboxylic acids is 1. The average molecular weight is 219 g/mol. The van der Waals surface area contributed by atoms with Crippen LogP contribution in [-0.2, 0) is 4.79 Å². The standard InChI is InChI=1S/C11H13N3O2/c1-10(2)4-8(7(5-12)9(15)16)14-11(10,3)6-13/h14H,4H2,1-3H3,(H,15,16)/b8-7+. The molecule has 0 aromatic carbocycles. The molecule has 1 saturated heterocycles. The van der Waals surface area contributed by atoms with Crippen LogP contribution >= 0.6 is 0 Å². The SMILES string of the molecule is CC1(C)C/C(=C(/C#N)C(=O)O)NC1(C)C#N. The molecule has 1 heterocycles. The molecule has 0 aromatic heterocycles. The maximum Gasteiger partial charge on any atom is 0.348 e. The van der Waals surface area contributed by atoms with Gasteiger partial charge in [0.25, 0.3) is 0 Å². The van der Waals surface area contributed by atoms with Crippen molar-refractivity contribution in [3.05, 3.63) is 11.3 Å². The van der Waals surface area contributed by atoms with Crippen LogP contribution in [0.5, 0.6) is 0 Å². The third kappa shape index (κ3) is 1.61. The molecule has 5 heteroatoms. The summed E-state index contributed by atoms with van der Waals surface area (Å²) in [6.07, 6.45) is 0.381. The van der Waals surface area contributed by atoms with E-state index in [1.54, 1.807) is 13.0 Å². The molecule has 1 aliphatic rings. The summed E-state index contributed by atoms with van der Waals surface area (Å²) in [5.41, 5.74) is -1.23. The Balaban J connectivity index is 3.26. The van der Waals surface area contributed by atoms with E-state index in [4.69, 9.17) is 15.6 Å². The van der Waals surface area contributed by atoms with Crippen LogP contribution in [0.15, 0.2) is 11.3 Å². The summed E-state index contributed by atoms with van der Waals surface area (Å²) >= 11 is 0. The molecule has 0 spiro atoms. The minimum Gasteiger partial charge on any atom is -0.477 e. The van der Waals surface area contributed by atoms with Crippen molar-refractivity contribution in [3.8, 4) is 12.1 Å². The quantitative estimate of drug-likeness (QED) is 0.509. The summed E-state index contributed by atoms with van der Waals surface area (Å²) in [7, 11) is 0. The van der Waals surface area contributed by atoms with Gasteiger partial charge in [-0.1, -0.05) is 13.8 Å². The smallest absolute Gasteiger partial charge is 0.348 e. The van der Waals surface area contributed by atoms with Crippen molar-refractivity contribution in [3.63, 3.8) is 0 Å². The summed E-state index contributed by atoms with van der Waals surface area (Å²) in [6, 6.07) is 3.78. The zero-order chi connectivity index (χ0) is 12.6. The Morgan fingerprint density at radius 2 is 2.00 bits per heavy atom. The van der Waals surface area contributed by atoms with Crippen molar-refractivity contribution >= 4 is 5.97 Å². The Morgan fingerprint density at radius 3 is 2.31 bits per heavy atom. The first-order valence-electron chi connectivity index (χ1n) is 4.83. The Kier molecular flexibility index (Phi) is 2.66. The van der Waals surface area contributed by atoms with Crippen LogP contribution < -0.4 is 5.32 Å². The second-order valence-electron chi connectivity index (χ2n) is 4.69. The van der Waals surface area contributed by atoms with Gasteiger partial charge in [0.2, 0.25) is 0 Å². The summed E-state index contributed by atoms with van der Waals surface area (Å²) < 4.78 is 0. The molecule has 0 amide bonds. The molecule has 5 nitrogen and oxygen atoms in total.